The van der Waals surface area contributed by atoms with Gasteiger partial charge in [0.05, 0.1) is 23.2 Å². The molecule has 0 fully saturated rings. The van der Waals surface area contributed by atoms with Crippen molar-refractivity contribution < 1.29 is 24.5 Å². The minimum absolute atomic E-state index is 0.0667. The van der Waals surface area contributed by atoms with Gasteiger partial charge in [0, 0.05) is 11.6 Å². The van der Waals surface area contributed by atoms with Gasteiger partial charge in [-0.15, -0.1) is 0 Å². The number of carboxylic acids is 1. The molecule has 0 unspecified atom stereocenters. The number of carbonyl (C=O) groups is 2. The molecule has 0 radical (unpaired) electrons. The molecule has 0 saturated heterocycles. The standard InChI is InChI=1S/C29H31Cl2NO5/c1-29(2,3)37-28(36)32(18-26(33)22-7-4-8-23(30)16-22)15-5-6-19-9-11-20(12-10-19)21-13-14-24(27(34)35)25(31)17-21/h4,7-14,16-17,26,33H,5-6,15,18H2,1-3H3,(H,34,35)/t26-/m0/s1. The number of carboxylic acid groups (broad SMARTS) is 1. The van der Waals surface area contributed by atoms with Gasteiger partial charge in [0.15, 0.2) is 0 Å². The minimum atomic E-state index is -1.06. The van der Waals surface area contributed by atoms with Crippen molar-refractivity contribution in [1.82, 2.24) is 4.90 Å². The third-order valence-electron chi connectivity index (χ3n) is 5.66. The zero-order valence-corrected chi connectivity index (χ0v) is 22.6. The van der Waals surface area contributed by atoms with Crippen LogP contribution in [0.1, 0.15) is 54.8 Å². The maximum Gasteiger partial charge on any atom is 0.410 e. The van der Waals surface area contributed by atoms with Gasteiger partial charge in [-0.25, -0.2) is 9.59 Å². The number of carbonyl (C=O) groups excluding carboxylic acids is 1. The fourth-order valence-electron chi connectivity index (χ4n) is 3.82. The van der Waals surface area contributed by atoms with Gasteiger partial charge in [0.2, 0.25) is 0 Å². The summed E-state index contributed by atoms with van der Waals surface area (Å²) in [5.41, 5.74) is 2.87. The van der Waals surface area contributed by atoms with E-state index < -0.39 is 23.8 Å². The summed E-state index contributed by atoms with van der Waals surface area (Å²) < 4.78 is 5.56. The molecule has 1 amide bonds. The lowest BCUT2D eigenvalue weighted by Crippen LogP contribution is -2.40. The van der Waals surface area contributed by atoms with E-state index in [0.717, 1.165) is 16.7 Å². The molecule has 6 nitrogen and oxygen atoms in total. The highest BCUT2D eigenvalue weighted by Gasteiger charge is 2.24. The third kappa shape index (κ3) is 8.49. The Morgan fingerprint density at radius 1 is 0.973 bits per heavy atom. The van der Waals surface area contributed by atoms with Crippen LogP contribution in [0.2, 0.25) is 10.0 Å². The summed E-state index contributed by atoms with van der Waals surface area (Å²) in [7, 11) is 0. The fourth-order valence-corrected chi connectivity index (χ4v) is 4.28. The predicted molar refractivity (Wildman–Crippen MR) is 146 cm³/mol. The molecule has 2 N–H and O–H groups in total. The van der Waals surface area contributed by atoms with Crippen LogP contribution in [0.25, 0.3) is 11.1 Å². The maximum atomic E-state index is 12.8. The number of halogens is 2. The first-order chi connectivity index (χ1) is 17.4. The van der Waals surface area contributed by atoms with E-state index >= 15 is 0 Å². The molecule has 0 saturated carbocycles. The van der Waals surface area contributed by atoms with Crippen molar-refractivity contribution in [1.29, 1.82) is 0 Å². The summed E-state index contributed by atoms with van der Waals surface area (Å²) in [6.07, 6.45) is 0.00129. The quantitative estimate of drug-likeness (QED) is 0.296. The third-order valence-corrected chi connectivity index (χ3v) is 6.21. The first kappa shape index (κ1) is 28.5. The van der Waals surface area contributed by atoms with Crippen LogP contribution in [0.3, 0.4) is 0 Å². The van der Waals surface area contributed by atoms with E-state index in [0.29, 0.717) is 30.0 Å². The summed E-state index contributed by atoms with van der Waals surface area (Å²) in [6, 6.07) is 19.7. The van der Waals surface area contributed by atoms with Crippen molar-refractivity contribution >= 4 is 35.3 Å². The van der Waals surface area contributed by atoms with Crippen LogP contribution in [0.4, 0.5) is 4.79 Å². The molecule has 8 heteroatoms. The van der Waals surface area contributed by atoms with Gasteiger partial charge >= 0.3 is 12.1 Å². The number of benzene rings is 3. The maximum absolute atomic E-state index is 12.8. The van der Waals surface area contributed by atoms with Gasteiger partial charge < -0.3 is 19.8 Å². The van der Waals surface area contributed by atoms with Crippen molar-refractivity contribution in [2.24, 2.45) is 0 Å². The second-order valence-corrected chi connectivity index (χ2v) is 10.6. The molecule has 3 rings (SSSR count). The van der Waals surface area contributed by atoms with E-state index in [-0.39, 0.29) is 17.1 Å². The minimum Gasteiger partial charge on any atom is -0.478 e. The molecule has 0 aliphatic rings. The Morgan fingerprint density at radius 2 is 1.65 bits per heavy atom. The number of aryl methyl sites for hydroxylation is 1. The van der Waals surface area contributed by atoms with E-state index in [1.54, 1.807) is 57.2 Å². The van der Waals surface area contributed by atoms with Crippen molar-refractivity contribution in [2.45, 2.75) is 45.3 Å². The summed E-state index contributed by atoms with van der Waals surface area (Å²) in [5, 5.41) is 20.6. The van der Waals surface area contributed by atoms with Crippen LogP contribution >= 0.6 is 23.2 Å². The molecule has 37 heavy (non-hydrogen) atoms. The summed E-state index contributed by atoms with van der Waals surface area (Å²) >= 11 is 12.2. The number of nitrogens with zero attached hydrogens (tertiary/aromatic N) is 1. The SMILES string of the molecule is CC(C)(C)OC(=O)N(CCCc1ccc(-c2ccc(C(=O)O)c(Cl)c2)cc1)C[C@H](O)c1cccc(Cl)c1. The van der Waals surface area contributed by atoms with E-state index in [1.807, 2.05) is 24.3 Å². The average Bonchev–Trinajstić information content (AvgIpc) is 2.82. The van der Waals surface area contributed by atoms with Gasteiger partial charge in [-0.05, 0) is 80.1 Å². The molecular formula is C29H31Cl2NO5. The summed E-state index contributed by atoms with van der Waals surface area (Å²) in [5.74, 6) is -1.06. The molecule has 0 spiro atoms. The van der Waals surface area contributed by atoms with Crippen LogP contribution in [0.5, 0.6) is 0 Å². The molecule has 3 aromatic carbocycles. The summed E-state index contributed by atoms with van der Waals surface area (Å²) in [4.78, 5) is 25.6. The predicted octanol–water partition coefficient (Wildman–Crippen LogP) is 7.26. The van der Waals surface area contributed by atoms with E-state index in [4.69, 9.17) is 33.0 Å². The highest BCUT2D eigenvalue weighted by molar-refractivity contribution is 6.33. The zero-order valence-electron chi connectivity index (χ0n) is 21.1. The molecule has 0 aromatic heterocycles. The number of hydrogen-bond acceptors (Lipinski definition) is 4. The Kier molecular flexibility index (Phi) is 9.60. The van der Waals surface area contributed by atoms with Crippen LogP contribution in [-0.4, -0.2) is 45.9 Å². The normalized spacial score (nSPS) is 12.2. The van der Waals surface area contributed by atoms with Crippen molar-refractivity contribution in [2.75, 3.05) is 13.1 Å². The van der Waals surface area contributed by atoms with Crippen LogP contribution in [-0.2, 0) is 11.2 Å². The molecule has 0 bridgehead atoms. The lowest BCUT2D eigenvalue weighted by molar-refractivity contribution is 0.0142. The van der Waals surface area contributed by atoms with Gasteiger partial charge in [-0.1, -0.05) is 65.7 Å². The first-order valence-electron chi connectivity index (χ1n) is 12.0. The Hall–Kier alpha value is -3.06. The number of aliphatic hydroxyl groups excluding tert-OH is 1. The highest BCUT2D eigenvalue weighted by atomic mass is 35.5. The second kappa shape index (κ2) is 12.5. The van der Waals surface area contributed by atoms with E-state index in [9.17, 15) is 14.7 Å². The van der Waals surface area contributed by atoms with Gasteiger partial charge in [-0.2, -0.15) is 0 Å². The van der Waals surface area contributed by atoms with Crippen molar-refractivity contribution in [3.63, 3.8) is 0 Å². The average molecular weight is 544 g/mol. The van der Waals surface area contributed by atoms with Gasteiger partial charge in [0.25, 0.3) is 0 Å². The number of aromatic carboxylic acids is 1. The number of ether oxygens (including phenoxy) is 1. The highest BCUT2D eigenvalue weighted by Crippen LogP contribution is 2.26. The molecule has 0 aliphatic heterocycles. The summed E-state index contributed by atoms with van der Waals surface area (Å²) in [6.45, 7) is 5.91. The number of aliphatic hydroxyl groups is 1. The molecule has 0 aliphatic carbocycles. The molecule has 196 valence electrons. The van der Waals surface area contributed by atoms with Crippen LogP contribution in [0, 0.1) is 0 Å². The van der Waals surface area contributed by atoms with Gasteiger partial charge in [-0.3, -0.25) is 0 Å². The van der Waals surface area contributed by atoms with Crippen molar-refractivity contribution in [3.05, 3.63) is 93.5 Å². The largest absolute Gasteiger partial charge is 0.478 e. The van der Waals surface area contributed by atoms with Crippen LogP contribution < -0.4 is 0 Å². The van der Waals surface area contributed by atoms with Crippen LogP contribution in [0.15, 0.2) is 66.7 Å². The molecule has 3 aromatic rings. The zero-order chi connectivity index (χ0) is 27.2. The topological polar surface area (TPSA) is 87.1 Å². The van der Waals surface area contributed by atoms with Crippen molar-refractivity contribution in [3.8, 4) is 11.1 Å². The number of rotatable bonds is 9. The molecular weight excluding hydrogens is 513 g/mol. The van der Waals surface area contributed by atoms with E-state index in [2.05, 4.69) is 0 Å². The van der Waals surface area contributed by atoms with Gasteiger partial charge in [0.1, 0.15) is 5.60 Å². The van der Waals surface area contributed by atoms with E-state index in [1.165, 1.54) is 11.0 Å². The number of amides is 1. The fraction of sp³-hybridized carbons (Fsp3) is 0.310. The first-order valence-corrected chi connectivity index (χ1v) is 12.7. The Balaban J connectivity index is 1.64. The number of hydrogen-bond donors (Lipinski definition) is 2. The lowest BCUT2D eigenvalue weighted by Gasteiger charge is -2.29. The molecule has 0 heterocycles. The monoisotopic (exact) mass is 543 g/mol. The lowest BCUT2D eigenvalue weighted by atomic mass is 10.0. The molecule has 1 atom stereocenters. The Labute approximate surface area is 227 Å². The Morgan fingerprint density at radius 3 is 2.24 bits per heavy atom. The Bertz CT molecular complexity index is 1240. The smallest absolute Gasteiger partial charge is 0.410 e. The second-order valence-electron chi connectivity index (χ2n) is 9.80.